The third-order valence-electron chi connectivity index (χ3n) is 6.08. The molecule has 0 aliphatic carbocycles. The van der Waals surface area contributed by atoms with Gasteiger partial charge in [-0.05, 0) is 37.5 Å². The normalized spacial score (nSPS) is 13.3. The molecule has 1 aliphatic rings. The molecule has 1 N–H and O–H groups in total. The van der Waals surface area contributed by atoms with Gasteiger partial charge in [-0.3, -0.25) is 0 Å². The topological polar surface area (TPSA) is 67.9 Å². The molecule has 0 spiro atoms. The highest BCUT2D eigenvalue weighted by atomic mass is 16.5. The van der Waals surface area contributed by atoms with Crippen LogP contribution in [0.2, 0.25) is 0 Å². The number of benzene rings is 1. The van der Waals surface area contributed by atoms with Crippen LogP contribution in [0.15, 0.2) is 18.2 Å². The van der Waals surface area contributed by atoms with Gasteiger partial charge in [0.1, 0.15) is 0 Å². The largest absolute Gasteiger partial charge is 0.462 e. The molecule has 0 atom stereocenters. The average molecular weight is 461 g/mol. The minimum atomic E-state index is -0.448. The van der Waals surface area contributed by atoms with Crippen molar-refractivity contribution < 1.29 is 19.1 Å². The third-order valence-corrected chi connectivity index (χ3v) is 6.08. The van der Waals surface area contributed by atoms with Gasteiger partial charge in [-0.1, -0.05) is 78.1 Å². The van der Waals surface area contributed by atoms with Crippen molar-refractivity contribution in [3.8, 4) is 0 Å². The Hall–Kier alpha value is -2.08. The van der Waals surface area contributed by atoms with Gasteiger partial charge in [-0.15, -0.1) is 0 Å². The van der Waals surface area contributed by atoms with Crippen molar-refractivity contribution in [3.63, 3.8) is 0 Å². The predicted octanol–water partition coefficient (Wildman–Crippen LogP) is 6.44. The molecule has 6 nitrogen and oxygen atoms in total. The molecule has 33 heavy (non-hydrogen) atoms. The minimum absolute atomic E-state index is 0.289. The van der Waals surface area contributed by atoms with Crippen LogP contribution in [0.5, 0.6) is 0 Å². The monoisotopic (exact) mass is 460 g/mol. The van der Waals surface area contributed by atoms with E-state index >= 15 is 0 Å². The maximum Gasteiger partial charge on any atom is 0.339 e. The molecule has 6 heteroatoms. The number of hydrogen-bond donors (Lipinski definition) is 1. The standard InChI is InChI=1S/C27H44N2O4/c1-3-5-7-9-11-13-20-32-26(30)24-17-16-23(29-19-15-18-28-29)22-25(24)27(31)33-21-14-12-10-8-6-4-2/h16-17,22,28H,3-15,18-21H2,1-2H3. The number of hydrogen-bond acceptors (Lipinski definition) is 6. The number of carbonyl (C=O) groups is 2. The summed E-state index contributed by atoms with van der Waals surface area (Å²) < 4.78 is 11.0. The fourth-order valence-corrected chi connectivity index (χ4v) is 4.05. The lowest BCUT2D eigenvalue weighted by molar-refractivity contribution is 0.0450. The Morgan fingerprint density at radius 1 is 0.788 bits per heavy atom. The van der Waals surface area contributed by atoms with E-state index in [1.54, 1.807) is 12.1 Å². The van der Waals surface area contributed by atoms with Gasteiger partial charge in [0.05, 0.1) is 30.0 Å². The maximum atomic E-state index is 12.9. The number of unbranched alkanes of at least 4 members (excludes halogenated alkanes) is 10. The summed E-state index contributed by atoms with van der Waals surface area (Å²) >= 11 is 0. The van der Waals surface area contributed by atoms with Gasteiger partial charge in [0.25, 0.3) is 0 Å². The number of nitrogens with one attached hydrogen (secondary N) is 1. The Kier molecular flexibility index (Phi) is 13.6. The second kappa shape index (κ2) is 16.5. The highest BCUT2D eigenvalue weighted by Gasteiger charge is 2.22. The van der Waals surface area contributed by atoms with Gasteiger partial charge >= 0.3 is 11.9 Å². The molecular formula is C27H44N2O4. The molecule has 186 valence electrons. The maximum absolute atomic E-state index is 12.9. The smallest absolute Gasteiger partial charge is 0.339 e. The summed E-state index contributed by atoms with van der Waals surface area (Å²) in [6.07, 6.45) is 14.6. The van der Waals surface area contributed by atoms with Gasteiger partial charge in [-0.25, -0.2) is 15.0 Å². The summed E-state index contributed by atoms with van der Waals surface area (Å²) in [7, 11) is 0. The van der Waals surface area contributed by atoms with E-state index in [2.05, 4.69) is 19.3 Å². The van der Waals surface area contributed by atoms with E-state index in [9.17, 15) is 9.59 Å². The fourth-order valence-electron chi connectivity index (χ4n) is 4.05. The van der Waals surface area contributed by atoms with E-state index in [1.807, 2.05) is 11.1 Å². The lowest BCUT2D eigenvalue weighted by Gasteiger charge is -2.19. The van der Waals surface area contributed by atoms with Crippen molar-refractivity contribution in [2.75, 3.05) is 31.3 Å². The average Bonchev–Trinajstić information content (AvgIpc) is 3.37. The SMILES string of the molecule is CCCCCCCCOC(=O)c1ccc(N2CCCN2)cc1C(=O)OCCCCCCCC. The van der Waals surface area contributed by atoms with Crippen LogP contribution >= 0.6 is 0 Å². The molecule has 0 aromatic heterocycles. The zero-order valence-corrected chi connectivity index (χ0v) is 20.8. The molecule has 0 saturated carbocycles. The highest BCUT2D eigenvalue weighted by molar-refractivity contribution is 6.04. The van der Waals surface area contributed by atoms with Crippen LogP contribution in [0.1, 0.15) is 118 Å². The summed E-state index contributed by atoms with van der Waals surface area (Å²) in [5, 5.41) is 2.01. The fraction of sp³-hybridized carbons (Fsp3) is 0.704. The third kappa shape index (κ3) is 10.2. The highest BCUT2D eigenvalue weighted by Crippen LogP contribution is 2.22. The first-order chi connectivity index (χ1) is 16.2. The van der Waals surface area contributed by atoms with E-state index in [1.165, 1.54) is 44.9 Å². The molecule has 1 saturated heterocycles. The van der Waals surface area contributed by atoms with Crippen molar-refractivity contribution in [1.29, 1.82) is 0 Å². The first-order valence-corrected chi connectivity index (χ1v) is 13.2. The lowest BCUT2D eigenvalue weighted by atomic mass is 10.1. The zero-order chi connectivity index (χ0) is 23.7. The van der Waals surface area contributed by atoms with Gasteiger partial charge < -0.3 is 14.5 Å². The summed E-state index contributed by atoms with van der Waals surface area (Å²) in [6.45, 7) is 6.93. The zero-order valence-electron chi connectivity index (χ0n) is 20.8. The number of hydrazine groups is 1. The summed E-state index contributed by atoms with van der Waals surface area (Å²) in [6, 6.07) is 5.31. The molecule has 1 heterocycles. The molecule has 0 bridgehead atoms. The number of nitrogens with zero attached hydrogens (tertiary/aromatic N) is 1. The van der Waals surface area contributed by atoms with E-state index in [-0.39, 0.29) is 5.56 Å². The number of rotatable bonds is 17. The number of esters is 2. The Morgan fingerprint density at radius 2 is 1.33 bits per heavy atom. The van der Waals surface area contributed by atoms with Gasteiger partial charge in [0.15, 0.2) is 0 Å². The van der Waals surface area contributed by atoms with Crippen LogP contribution in [-0.4, -0.2) is 38.2 Å². The van der Waals surface area contributed by atoms with Crippen LogP contribution in [0.3, 0.4) is 0 Å². The summed E-state index contributed by atoms with van der Waals surface area (Å²) in [5.41, 5.74) is 4.74. The molecule has 0 unspecified atom stereocenters. The van der Waals surface area contributed by atoms with E-state index in [0.29, 0.717) is 18.8 Å². The van der Waals surface area contributed by atoms with Crippen molar-refractivity contribution in [1.82, 2.24) is 5.43 Å². The van der Waals surface area contributed by atoms with Crippen LogP contribution in [0, 0.1) is 0 Å². The molecule has 2 rings (SSSR count). The molecule has 1 fully saturated rings. The van der Waals surface area contributed by atoms with Crippen molar-refractivity contribution in [2.24, 2.45) is 0 Å². The van der Waals surface area contributed by atoms with Crippen LogP contribution in [-0.2, 0) is 9.47 Å². The van der Waals surface area contributed by atoms with Crippen LogP contribution < -0.4 is 10.4 Å². The number of anilines is 1. The molecule has 0 amide bonds. The van der Waals surface area contributed by atoms with Crippen LogP contribution in [0.25, 0.3) is 0 Å². The number of ether oxygens (including phenoxy) is 2. The molecule has 1 aromatic carbocycles. The molecule has 1 aromatic rings. The van der Waals surface area contributed by atoms with Crippen molar-refractivity contribution in [2.45, 2.75) is 97.3 Å². The first kappa shape index (κ1) is 27.2. The Balaban J connectivity index is 1.92. The van der Waals surface area contributed by atoms with Crippen molar-refractivity contribution in [3.05, 3.63) is 29.3 Å². The second-order valence-electron chi connectivity index (χ2n) is 8.95. The number of carbonyl (C=O) groups excluding carboxylic acids is 2. The minimum Gasteiger partial charge on any atom is -0.462 e. The molecule has 1 aliphatic heterocycles. The Labute approximate surface area is 200 Å². The van der Waals surface area contributed by atoms with Crippen LogP contribution in [0.4, 0.5) is 5.69 Å². The second-order valence-corrected chi connectivity index (χ2v) is 8.95. The first-order valence-electron chi connectivity index (χ1n) is 13.2. The van der Waals surface area contributed by atoms with Crippen molar-refractivity contribution >= 4 is 17.6 Å². The molecule has 0 radical (unpaired) electrons. The van der Waals surface area contributed by atoms with Gasteiger partial charge in [0, 0.05) is 13.1 Å². The predicted molar refractivity (Wildman–Crippen MR) is 134 cm³/mol. The summed E-state index contributed by atoms with van der Waals surface area (Å²) in [4.78, 5) is 25.6. The lowest BCUT2D eigenvalue weighted by Crippen LogP contribution is -2.30. The quantitative estimate of drug-likeness (QED) is 0.213. The van der Waals surface area contributed by atoms with Gasteiger partial charge in [-0.2, -0.15) is 0 Å². The molecular weight excluding hydrogens is 416 g/mol. The van der Waals surface area contributed by atoms with E-state index in [0.717, 1.165) is 57.3 Å². The Morgan fingerprint density at radius 3 is 1.88 bits per heavy atom. The van der Waals surface area contributed by atoms with E-state index in [4.69, 9.17) is 9.47 Å². The summed E-state index contributed by atoms with van der Waals surface area (Å²) in [5.74, 6) is -0.896. The van der Waals surface area contributed by atoms with E-state index < -0.39 is 11.9 Å². The van der Waals surface area contributed by atoms with Gasteiger partial charge in [0.2, 0.25) is 0 Å². The Bertz CT molecular complexity index is 701.